The molecule has 1 saturated heterocycles. The van der Waals surface area contributed by atoms with E-state index in [2.05, 4.69) is 21.3 Å². The number of hydrogen-bond donors (Lipinski definition) is 1. The number of piperazine rings is 1. The Morgan fingerprint density at radius 2 is 1.82 bits per heavy atom. The number of fused-ring (bicyclic) bond motifs is 1. The lowest BCUT2D eigenvalue weighted by molar-refractivity contribution is -0.133. The highest BCUT2D eigenvalue weighted by Gasteiger charge is 2.36. The average Bonchev–Trinajstić information content (AvgIpc) is 3.44. The first kappa shape index (κ1) is 22.7. The molecule has 2 aliphatic rings. The monoisotopic (exact) mass is 496 g/mol. The number of nitrogens with zero attached hydrogens (tertiary/aromatic N) is 3. The molecule has 1 aliphatic carbocycles. The third kappa shape index (κ3) is 4.48. The summed E-state index contributed by atoms with van der Waals surface area (Å²) < 4.78 is 5.49. The van der Waals surface area contributed by atoms with Crippen molar-refractivity contribution in [3.05, 3.63) is 69.7 Å². The number of para-hydroxylation sites is 2. The number of aromatic nitrogens is 1. The second-order valence-corrected chi connectivity index (χ2v) is 9.88. The van der Waals surface area contributed by atoms with Crippen LogP contribution in [0.2, 0.25) is 5.02 Å². The summed E-state index contributed by atoms with van der Waals surface area (Å²) in [4.78, 5) is 35.8. The zero-order chi connectivity index (χ0) is 23.7. The largest absolute Gasteiger partial charge is 0.495 e. The Labute approximate surface area is 207 Å². The molecule has 176 valence electrons. The molecule has 2 aromatic carbocycles. The first-order chi connectivity index (χ1) is 16.5. The van der Waals surface area contributed by atoms with Crippen LogP contribution in [0, 0.1) is 0 Å². The van der Waals surface area contributed by atoms with Crippen molar-refractivity contribution in [2.45, 2.75) is 18.8 Å². The van der Waals surface area contributed by atoms with Crippen LogP contribution in [-0.2, 0) is 11.2 Å². The second kappa shape index (κ2) is 9.64. The van der Waals surface area contributed by atoms with E-state index in [1.54, 1.807) is 31.4 Å². The van der Waals surface area contributed by atoms with Crippen LogP contribution >= 0.6 is 22.9 Å². The first-order valence-corrected chi connectivity index (χ1v) is 12.5. The molecule has 1 atom stereocenters. The molecular weight excluding hydrogens is 472 g/mol. The number of carbonyl (C=O) groups excluding carboxylic acids is 2. The Hall–Kier alpha value is -3.10. The number of hydrogen-bond acceptors (Lipinski definition) is 6. The fourth-order valence-corrected chi connectivity index (χ4v) is 5.73. The third-order valence-electron chi connectivity index (χ3n) is 6.36. The van der Waals surface area contributed by atoms with E-state index in [0.29, 0.717) is 28.8 Å². The van der Waals surface area contributed by atoms with Gasteiger partial charge in [0, 0.05) is 41.6 Å². The Balaban J connectivity index is 1.23. The zero-order valence-corrected chi connectivity index (χ0v) is 20.4. The molecule has 1 N–H and O–H groups in total. The molecule has 1 fully saturated rings. The summed E-state index contributed by atoms with van der Waals surface area (Å²) in [6, 6.07) is 14.7. The molecular formula is C25H25ClN4O3S. The topological polar surface area (TPSA) is 74.8 Å². The number of thiazole rings is 1. The lowest BCUT2D eigenvalue weighted by Crippen LogP contribution is -2.50. The van der Waals surface area contributed by atoms with Crippen molar-refractivity contribution in [1.29, 1.82) is 0 Å². The molecule has 2 amide bonds. The van der Waals surface area contributed by atoms with Crippen LogP contribution in [0.15, 0.2) is 48.5 Å². The van der Waals surface area contributed by atoms with Crippen LogP contribution in [0.25, 0.3) is 0 Å². The van der Waals surface area contributed by atoms with E-state index in [0.717, 1.165) is 47.9 Å². The lowest BCUT2D eigenvalue weighted by Gasteiger charge is -2.37. The number of aryl methyl sites for hydroxylation is 1. The summed E-state index contributed by atoms with van der Waals surface area (Å²) in [5.74, 6) is 0.488. The van der Waals surface area contributed by atoms with Gasteiger partial charge in [0.05, 0.1) is 24.4 Å². The Morgan fingerprint density at radius 1 is 1.09 bits per heavy atom. The highest BCUT2D eigenvalue weighted by molar-refractivity contribution is 7.16. The number of halogens is 1. The maximum atomic E-state index is 13.4. The second-order valence-electron chi connectivity index (χ2n) is 8.36. The first-order valence-electron chi connectivity index (χ1n) is 11.3. The van der Waals surface area contributed by atoms with Crippen LogP contribution in [-0.4, -0.2) is 55.0 Å². The van der Waals surface area contributed by atoms with Crippen molar-refractivity contribution in [2.24, 2.45) is 0 Å². The minimum Gasteiger partial charge on any atom is -0.495 e. The molecule has 0 saturated carbocycles. The molecule has 9 heteroatoms. The average molecular weight is 497 g/mol. The van der Waals surface area contributed by atoms with Gasteiger partial charge >= 0.3 is 0 Å². The SMILES string of the molecule is COc1ccccc1N1CCN(C(=O)C2CCc3sc(NC(=O)c4ccc(Cl)cc4)nc32)CC1. The van der Waals surface area contributed by atoms with E-state index in [1.165, 1.54) is 11.3 Å². The number of ether oxygens (including phenoxy) is 1. The standard InChI is InChI=1S/C25H25ClN4O3S/c1-33-20-5-3-2-4-19(20)29-12-14-30(15-13-29)24(32)18-10-11-21-22(18)27-25(34-21)28-23(31)16-6-8-17(26)9-7-16/h2-9,18H,10-15H2,1H3,(H,27,28,31). The molecule has 0 spiro atoms. The molecule has 1 aliphatic heterocycles. The van der Waals surface area contributed by atoms with Crippen LogP contribution in [0.1, 0.15) is 33.3 Å². The number of benzene rings is 2. The molecule has 0 radical (unpaired) electrons. The third-order valence-corrected chi connectivity index (χ3v) is 7.66. The molecule has 1 aromatic heterocycles. The lowest BCUT2D eigenvalue weighted by atomic mass is 10.1. The molecule has 0 bridgehead atoms. The number of methoxy groups -OCH3 is 1. The van der Waals surface area contributed by atoms with Gasteiger partial charge in [-0.25, -0.2) is 4.98 Å². The van der Waals surface area contributed by atoms with Gasteiger partial charge in [0.1, 0.15) is 5.75 Å². The van der Waals surface area contributed by atoms with Crippen LogP contribution in [0.3, 0.4) is 0 Å². The Kier molecular flexibility index (Phi) is 6.43. The summed E-state index contributed by atoms with van der Waals surface area (Å²) in [6.45, 7) is 2.83. The van der Waals surface area contributed by atoms with Crippen LogP contribution in [0.5, 0.6) is 5.75 Å². The van der Waals surface area contributed by atoms with Crippen molar-refractivity contribution in [3.8, 4) is 5.75 Å². The highest BCUT2D eigenvalue weighted by atomic mass is 35.5. The molecule has 2 heterocycles. The quantitative estimate of drug-likeness (QED) is 0.565. The normalized spacial score (nSPS) is 17.4. The van der Waals surface area contributed by atoms with Crippen molar-refractivity contribution >= 4 is 45.6 Å². The van der Waals surface area contributed by atoms with Crippen molar-refractivity contribution in [3.63, 3.8) is 0 Å². The van der Waals surface area contributed by atoms with E-state index in [4.69, 9.17) is 16.3 Å². The minimum absolute atomic E-state index is 0.124. The molecule has 7 nitrogen and oxygen atoms in total. The molecule has 5 rings (SSSR count). The van der Waals surface area contributed by atoms with Crippen molar-refractivity contribution < 1.29 is 14.3 Å². The Bertz CT molecular complexity index is 1210. The van der Waals surface area contributed by atoms with E-state index in [-0.39, 0.29) is 17.7 Å². The van der Waals surface area contributed by atoms with Gasteiger partial charge in [-0.05, 0) is 49.2 Å². The predicted octanol–water partition coefficient (Wildman–Crippen LogP) is 4.44. The Morgan fingerprint density at radius 3 is 2.56 bits per heavy atom. The fourth-order valence-electron chi connectivity index (χ4n) is 4.57. The van der Waals surface area contributed by atoms with Crippen LogP contribution < -0.4 is 15.0 Å². The van der Waals surface area contributed by atoms with Gasteiger partial charge in [-0.2, -0.15) is 0 Å². The zero-order valence-electron chi connectivity index (χ0n) is 18.8. The van der Waals surface area contributed by atoms with Gasteiger partial charge in [0.15, 0.2) is 5.13 Å². The van der Waals surface area contributed by atoms with Gasteiger partial charge in [-0.1, -0.05) is 23.7 Å². The highest BCUT2D eigenvalue weighted by Crippen LogP contribution is 2.39. The fraction of sp³-hybridized carbons (Fsp3) is 0.320. The van der Waals surface area contributed by atoms with Crippen LogP contribution in [0.4, 0.5) is 10.8 Å². The number of amides is 2. The van der Waals surface area contributed by atoms with E-state index in [9.17, 15) is 9.59 Å². The van der Waals surface area contributed by atoms with E-state index in [1.807, 2.05) is 23.1 Å². The van der Waals surface area contributed by atoms with Gasteiger partial charge < -0.3 is 14.5 Å². The van der Waals surface area contributed by atoms with E-state index >= 15 is 0 Å². The summed E-state index contributed by atoms with van der Waals surface area (Å²) in [6.07, 6.45) is 1.58. The van der Waals surface area contributed by atoms with Gasteiger partial charge in [0.2, 0.25) is 5.91 Å². The van der Waals surface area contributed by atoms with Gasteiger partial charge in [-0.3, -0.25) is 14.9 Å². The summed E-state index contributed by atoms with van der Waals surface area (Å²) in [5.41, 5.74) is 2.38. The van der Waals surface area contributed by atoms with Crippen molar-refractivity contribution in [1.82, 2.24) is 9.88 Å². The maximum Gasteiger partial charge on any atom is 0.257 e. The summed E-state index contributed by atoms with van der Waals surface area (Å²) >= 11 is 7.36. The maximum absolute atomic E-state index is 13.4. The summed E-state index contributed by atoms with van der Waals surface area (Å²) in [7, 11) is 1.68. The molecule has 34 heavy (non-hydrogen) atoms. The van der Waals surface area contributed by atoms with E-state index < -0.39 is 0 Å². The van der Waals surface area contributed by atoms with Crippen molar-refractivity contribution in [2.75, 3.05) is 43.5 Å². The van der Waals surface area contributed by atoms with Gasteiger partial charge in [0.25, 0.3) is 5.91 Å². The number of nitrogens with one attached hydrogen (secondary N) is 1. The smallest absolute Gasteiger partial charge is 0.257 e. The summed E-state index contributed by atoms with van der Waals surface area (Å²) in [5, 5.41) is 3.97. The molecule has 1 unspecified atom stereocenters. The number of rotatable bonds is 5. The molecule has 3 aromatic rings. The van der Waals surface area contributed by atoms with Gasteiger partial charge in [-0.15, -0.1) is 11.3 Å². The number of anilines is 2. The predicted molar refractivity (Wildman–Crippen MR) is 134 cm³/mol. The number of carbonyl (C=O) groups is 2. The minimum atomic E-state index is -0.245.